The highest BCUT2D eigenvalue weighted by atomic mass is 35.5. The molecule has 4 rings (SSSR count). The Bertz CT molecular complexity index is 1270. The number of halogens is 1. The van der Waals surface area contributed by atoms with Crippen LogP contribution in [0.5, 0.6) is 0 Å². The molecular formula is C24H21ClN4O2. The molecule has 0 spiro atoms. The summed E-state index contributed by atoms with van der Waals surface area (Å²) >= 11 is 6.22. The second-order valence-corrected chi connectivity index (χ2v) is 7.15. The Morgan fingerprint density at radius 2 is 1.97 bits per heavy atom. The van der Waals surface area contributed by atoms with Gasteiger partial charge in [-0.3, -0.25) is 0 Å². The molecule has 0 saturated carbocycles. The Morgan fingerprint density at radius 3 is 2.68 bits per heavy atom. The van der Waals surface area contributed by atoms with Crippen LogP contribution in [0.1, 0.15) is 19.4 Å². The molecular weight excluding hydrogens is 412 g/mol. The largest absolute Gasteiger partial charge is 0.463 e. The topological polar surface area (TPSA) is 69.9 Å². The molecule has 0 saturated heterocycles. The van der Waals surface area contributed by atoms with Gasteiger partial charge in [0.15, 0.2) is 5.65 Å². The lowest BCUT2D eigenvalue weighted by Crippen LogP contribution is -2.02. The SMILES string of the molecule is CCOC(=O)/C=C/c1c(-c2ccccc2)nc2c(cnn2CC)c1-c1ccnc(Cl)c1. The predicted octanol–water partition coefficient (Wildman–Crippen LogP) is 5.41. The molecule has 156 valence electrons. The van der Waals surface area contributed by atoms with E-state index in [9.17, 15) is 4.79 Å². The summed E-state index contributed by atoms with van der Waals surface area (Å²) in [6, 6.07) is 13.5. The highest BCUT2D eigenvalue weighted by molar-refractivity contribution is 6.29. The summed E-state index contributed by atoms with van der Waals surface area (Å²) in [7, 11) is 0. The van der Waals surface area contributed by atoms with Gasteiger partial charge in [0.25, 0.3) is 0 Å². The van der Waals surface area contributed by atoms with E-state index in [2.05, 4.69) is 10.1 Å². The van der Waals surface area contributed by atoms with Crippen molar-refractivity contribution in [1.29, 1.82) is 0 Å². The van der Waals surface area contributed by atoms with Gasteiger partial charge in [-0.25, -0.2) is 19.4 Å². The number of hydrogen-bond donors (Lipinski definition) is 0. The van der Waals surface area contributed by atoms with Crippen LogP contribution in [-0.4, -0.2) is 32.3 Å². The van der Waals surface area contributed by atoms with Crippen LogP contribution in [0.2, 0.25) is 5.15 Å². The number of ether oxygens (including phenoxy) is 1. The number of rotatable bonds is 6. The van der Waals surface area contributed by atoms with Crippen LogP contribution in [0.4, 0.5) is 0 Å². The molecule has 0 amide bonds. The fourth-order valence-corrected chi connectivity index (χ4v) is 3.70. The maximum atomic E-state index is 12.1. The highest BCUT2D eigenvalue weighted by Crippen LogP contribution is 2.38. The monoisotopic (exact) mass is 432 g/mol. The molecule has 0 aliphatic heterocycles. The van der Waals surface area contributed by atoms with Crippen molar-refractivity contribution < 1.29 is 9.53 Å². The molecule has 0 unspecified atom stereocenters. The van der Waals surface area contributed by atoms with Gasteiger partial charge in [-0.15, -0.1) is 0 Å². The maximum absolute atomic E-state index is 12.1. The van der Waals surface area contributed by atoms with Crippen molar-refractivity contribution in [1.82, 2.24) is 19.7 Å². The number of carbonyl (C=O) groups is 1. The molecule has 0 N–H and O–H groups in total. The Hall–Kier alpha value is -3.51. The molecule has 3 heterocycles. The van der Waals surface area contributed by atoms with E-state index in [0.29, 0.717) is 18.3 Å². The van der Waals surface area contributed by atoms with Crippen molar-refractivity contribution in [2.75, 3.05) is 6.61 Å². The van der Waals surface area contributed by atoms with Crippen LogP contribution in [0, 0.1) is 0 Å². The van der Waals surface area contributed by atoms with Gasteiger partial charge in [-0.1, -0.05) is 41.9 Å². The quantitative estimate of drug-likeness (QED) is 0.231. The summed E-state index contributed by atoms with van der Waals surface area (Å²) in [6.07, 6.45) is 6.64. The lowest BCUT2D eigenvalue weighted by molar-refractivity contribution is -0.137. The first kappa shape index (κ1) is 20.8. The van der Waals surface area contributed by atoms with Gasteiger partial charge < -0.3 is 4.74 Å². The van der Waals surface area contributed by atoms with E-state index < -0.39 is 5.97 Å². The zero-order valence-electron chi connectivity index (χ0n) is 17.2. The van der Waals surface area contributed by atoms with Gasteiger partial charge in [-0.05, 0) is 37.6 Å². The van der Waals surface area contributed by atoms with Crippen LogP contribution >= 0.6 is 11.6 Å². The van der Waals surface area contributed by atoms with Gasteiger partial charge in [0.2, 0.25) is 0 Å². The first-order valence-electron chi connectivity index (χ1n) is 10.0. The molecule has 0 fully saturated rings. The zero-order valence-corrected chi connectivity index (χ0v) is 18.0. The Labute approximate surface area is 185 Å². The third-order valence-electron chi connectivity index (χ3n) is 4.86. The number of nitrogens with zero attached hydrogens (tertiary/aromatic N) is 4. The number of pyridine rings is 2. The van der Waals surface area contributed by atoms with E-state index in [1.807, 2.05) is 48.0 Å². The first-order chi connectivity index (χ1) is 15.1. The van der Waals surface area contributed by atoms with E-state index in [0.717, 1.165) is 39.0 Å². The number of benzene rings is 1. The maximum Gasteiger partial charge on any atom is 0.330 e. The van der Waals surface area contributed by atoms with Crippen LogP contribution in [-0.2, 0) is 16.1 Å². The predicted molar refractivity (Wildman–Crippen MR) is 123 cm³/mol. The summed E-state index contributed by atoms with van der Waals surface area (Å²) in [5.74, 6) is -0.412. The molecule has 0 atom stereocenters. The second kappa shape index (κ2) is 9.10. The van der Waals surface area contributed by atoms with Crippen molar-refractivity contribution >= 4 is 34.7 Å². The summed E-state index contributed by atoms with van der Waals surface area (Å²) in [5, 5.41) is 5.76. The number of esters is 1. The number of aryl methyl sites for hydroxylation is 1. The number of carbonyl (C=O) groups excluding carboxylic acids is 1. The Morgan fingerprint density at radius 1 is 1.16 bits per heavy atom. The highest BCUT2D eigenvalue weighted by Gasteiger charge is 2.19. The average Bonchev–Trinajstić information content (AvgIpc) is 3.20. The number of aromatic nitrogens is 4. The third kappa shape index (κ3) is 4.20. The van der Waals surface area contributed by atoms with Gasteiger partial charge in [-0.2, -0.15) is 5.10 Å². The zero-order chi connectivity index (χ0) is 21.8. The minimum absolute atomic E-state index is 0.308. The van der Waals surface area contributed by atoms with E-state index in [4.69, 9.17) is 21.3 Å². The average molecular weight is 433 g/mol. The Kier molecular flexibility index (Phi) is 6.09. The van der Waals surface area contributed by atoms with Crippen LogP contribution in [0.3, 0.4) is 0 Å². The van der Waals surface area contributed by atoms with Crippen LogP contribution in [0.15, 0.2) is 60.9 Å². The van der Waals surface area contributed by atoms with E-state index >= 15 is 0 Å². The lowest BCUT2D eigenvalue weighted by atomic mass is 9.94. The van der Waals surface area contributed by atoms with E-state index in [1.165, 1.54) is 6.08 Å². The standard InChI is InChI=1S/C24H21ClN4O2/c1-3-29-24-19(15-27-29)22(17-12-13-26-20(25)14-17)18(10-11-21(30)31-4-2)23(28-24)16-8-6-5-7-9-16/h5-15H,3-4H2,1-2H3/b11-10+. The fraction of sp³-hybridized carbons (Fsp3) is 0.167. The van der Waals surface area contributed by atoms with Crippen molar-refractivity contribution in [3.8, 4) is 22.4 Å². The molecule has 31 heavy (non-hydrogen) atoms. The van der Waals surface area contributed by atoms with Gasteiger partial charge in [0, 0.05) is 40.9 Å². The second-order valence-electron chi connectivity index (χ2n) is 6.77. The van der Waals surface area contributed by atoms with Crippen molar-refractivity contribution in [2.45, 2.75) is 20.4 Å². The van der Waals surface area contributed by atoms with Gasteiger partial charge >= 0.3 is 5.97 Å². The normalized spacial score (nSPS) is 11.3. The van der Waals surface area contributed by atoms with E-state index in [1.54, 1.807) is 31.5 Å². The van der Waals surface area contributed by atoms with Crippen LogP contribution < -0.4 is 0 Å². The molecule has 6 nitrogen and oxygen atoms in total. The van der Waals surface area contributed by atoms with Gasteiger partial charge in [0.05, 0.1) is 18.5 Å². The number of fused-ring (bicyclic) bond motifs is 1. The fourth-order valence-electron chi connectivity index (χ4n) is 3.52. The molecule has 0 bridgehead atoms. The molecule has 0 aliphatic rings. The lowest BCUT2D eigenvalue weighted by Gasteiger charge is -2.14. The van der Waals surface area contributed by atoms with Crippen molar-refractivity contribution in [3.05, 3.63) is 71.7 Å². The molecule has 3 aromatic heterocycles. The summed E-state index contributed by atoms with van der Waals surface area (Å²) in [4.78, 5) is 21.2. The van der Waals surface area contributed by atoms with Crippen molar-refractivity contribution in [3.63, 3.8) is 0 Å². The molecule has 7 heteroatoms. The molecule has 1 aromatic carbocycles. The first-order valence-corrected chi connectivity index (χ1v) is 10.4. The number of hydrogen-bond acceptors (Lipinski definition) is 5. The smallest absolute Gasteiger partial charge is 0.330 e. The molecule has 0 aliphatic carbocycles. The van der Waals surface area contributed by atoms with Crippen LogP contribution in [0.25, 0.3) is 39.5 Å². The molecule has 4 aromatic rings. The minimum atomic E-state index is -0.412. The summed E-state index contributed by atoms with van der Waals surface area (Å²) in [6.45, 7) is 4.79. The Balaban J connectivity index is 2.08. The van der Waals surface area contributed by atoms with E-state index in [-0.39, 0.29) is 0 Å². The third-order valence-corrected chi connectivity index (χ3v) is 5.06. The summed E-state index contributed by atoms with van der Waals surface area (Å²) in [5.41, 5.74) is 4.96. The molecule has 0 radical (unpaired) electrons. The van der Waals surface area contributed by atoms with Gasteiger partial charge in [0.1, 0.15) is 5.15 Å². The van der Waals surface area contributed by atoms with Crippen molar-refractivity contribution in [2.24, 2.45) is 0 Å². The minimum Gasteiger partial charge on any atom is -0.463 e. The summed E-state index contributed by atoms with van der Waals surface area (Å²) < 4.78 is 6.94.